The van der Waals surface area contributed by atoms with Crippen LogP contribution in [0.3, 0.4) is 0 Å². The Morgan fingerprint density at radius 2 is 1.58 bits per heavy atom. The Labute approximate surface area is 280 Å². The van der Waals surface area contributed by atoms with E-state index in [1.807, 2.05) is 18.7 Å². The van der Waals surface area contributed by atoms with Gasteiger partial charge in [-0.15, -0.1) is 11.8 Å². The molecule has 1 fully saturated rings. The van der Waals surface area contributed by atoms with Crippen LogP contribution in [0.15, 0.2) is 90.9 Å². The van der Waals surface area contributed by atoms with E-state index in [0.717, 1.165) is 66.0 Å². The van der Waals surface area contributed by atoms with E-state index < -0.39 is 0 Å². The molecule has 0 bridgehead atoms. The van der Waals surface area contributed by atoms with Crippen molar-refractivity contribution < 1.29 is 4.74 Å². The second kappa shape index (κ2) is 20.5. The zero-order chi connectivity index (χ0) is 32.4. The zero-order valence-electron chi connectivity index (χ0n) is 28.8. The van der Waals surface area contributed by atoms with E-state index in [4.69, 9.17) is 4.74 Å². The number of ether oxygens (including phenoxy) is 1. The van der Waals surface area contributed by atoms with Crippen LogP contribution < -0.4 is 10.1 Å². The van der Waals surface area contributed by atoms with Crippen LogP contribution in [0.1, 0.15) is 128 Å². The normalized spacial score (nSPS) is 17.0. The molecule has 45 heavy (non-hydrogen) atoms. The molecule has 3 rings (SSSR count). The van der Waals surface area contributed by atoms with E-state index in [1.165, 1.54) is 92.4 Å². The number of rotatable bonds is 22. The summed E-state index contributed by atoms with van der Waals surface area (Å²) in [4.78, 5) is 1.33. The van der Waals surface area contributed by atoms with Crippen molar-refractivity contribution in [2.45, 2.75) is 117 Å². The lowest BCUT2D eigenvalue weighted by Gasteiger charge is -2.28. The van der Waals surface area contributed by atoms with Gasteiger partial charge in [0.1, 0.15) is 5.75 Å². The Balaban J connectivity index is 1.23. The highest BCUT2D eigenvalue weighted by atomic mass is 32.2. The lowest BCUT2D eigenvalue weighted by Crippen LogP contribution is -2.13. The third-order valence-corrected chi connectivity index (χ3v) is 10.5. The van der Waals surface area contributed by atoms with Crippen molar-refractivity contribution >= 4 is 23.1 Å². The van der Waals surface area contributed by atoms with Crippen LogP contribution in [0.25, 0.3) is 5.70 Å². The van der Waals surface area contributed by atoms with Crippen molar-refractivity contribution in [2.24, 2.45) is 11.8 Å². The van der Waals surface area contributed by atoms with Crippen LogP contribution in [0.4, 0.5) is 5.69 Å². The molecule has 2 aromatic carbocycles. The quantitative estimate of drug-likeness (QED) is 0.104. The lowest BCUT2D eigenvalue weighted by atomic mass is 9.77. The van der Waals surface area contributed by atoms with Gasteiger partial charge in [0.05, 0.1) is 6.61 Å². The first-order chi connectivity index (χ1) is 21.7. The number of allylic oxidation sites excluding steroid dienone is 3. The maximum atomic E-state index is 6.02. The van der Waals surface area contributed by atoms with Crippen LogP contribution in [-0.2, 0) is 0 Å². The number of thioether (sulfide) groups is 1. The van der Waals surface area contributed by atoms with Gasteiger partial charge in [-0.3, -0.25) is 0 Å². The smallest absolute Gasteiger partial charge is 0.119 e. The monoisotopic (exact) mass is 627 g/mol. The summed E-state index contributed by atoms with van der Waals surface area (Å²) >= 11 is 1.95. The van der Waals surface area contributed by atoms with E-state index in [1.54, 1.807) is 0 Å². The maximum Gasteiger partial charge on any atom is 0.119 e. The fourth-order valence-electron chi connectivity index (χ4n) is 6.41. The van der Waals surface area contributed by atoms with Crippen LogP contribution in [0.5, 0.6) is 5.75 Å². The third kappa shape index (κ3) is 14.1. The van der Waals surface area contributed by atoms with Gasteiger partial charge in [0.25, 0.3) is 0 Å². The van der Waals surface area contributed by atoms with Gasteiger partial charge in [-0.05, 0) is 141 Å². The van der Waals surface area contributed by atoms with E-state index in [2.05, 4.69) is 94.0 Å². The van der Waals surface area contributed by atoms with Crippen molar-refractivity contribution in [2.75, 3.05) is 17.7 Å². The lowest BCUT2D eigenvalue weighted by molar-refractivity contribution is 0.305. The fourth-order valence-corrected chi connectivity index (χ4v) is 7.34. The summed E-state index contributed by atoms with van der Waals surface area (Å²) in [5, 5.41) is 3.49. The number of nitrogens with one attached hydrogen (secondary N) is 1. The molecule has 1 atom stereocenters. The first-order valence-corrected chi connectivity index (χ1v) is 18.7. The molecule has 1 unspecified atom stereocenters. The molecule has 1 aliphatic carbocycles. The largest absolute Gasteiger partial charge is 0.494 e. The maximum absolute atomic E-state index is 6.02. The topological polar surface area (TPSA) is 21.3 Å². The van der Waals surface area contributed by atoms with Crippen molar-refractivity contribution in [3.05, 3.63) is 102 Å². The van der Waals surface area contributed by atoms with Crippen molar-refractivity contribution in [1.82, 2.24) is 0 Å². The van der Waals surface area contributed by atoms with E-state index >= 15 is 0 Å². The predicted octanol–water partition coefficient (Wildman–Crippen LogP) is 13.4. The molecular formula is C42H61NOS. The third-order valence-electron chi connectivity index (χ3n) is 9.39. The van der Waals surface area contributed by atoms with Gasteiger partial charge in [0, 0.05) is 11.4 Å². The minimum absolute atomic E-state index is 0.668. The molecule has 2 aromatic rings. The first-order valence-electron chi connectivity index (χ1n) is 17.7. The van der Waals surface area contributed by atoms with Gasteiger partial charge in [-0.25, -0.2) is 0 Å². The molecule has 0 aromatic heterocycles. The number of hydrogen-bond acceptors (Lipinski definition) is 3. The van der Waals surface area contributed by atoms with E-state index in [9.17, 15) is 0 Å². The molecule has 1 N–H and O–H groups in total. The molecular weight excluding hydrogens is 567 g/mol. The summed E-state index contributed by atoms with van der Waals surface area (Å²) in [6.07, 6.45) is 17.6. The molecule has 1 saturated carbocycles. The molecule has 0 aliphatic heterocycles. The highest BCUT2D eigenvalue weighted by Crippen LogP contribution is 2.38. The Bertz CT molecular complexity index is 1190. The number of anilines is 1. The molecule has 1 aliphatic rings. The first kappa shape index (κ1) is 36.8. The summed E-state index contributed by atoms with van der Waals surface area (Å²) < 4.78 is 6.02. The van der Waals surface area contributed by atoms with Gasteiger partial charge >= 0.3 is 0 Å². The second-order valence-corrected chi connectivity index (χ2v) is 14.8. The average molecular weight is 628 g/mol. The summed E-state index contributed by atoms with van der Waals surface area (Å²) in [6.45, 7) is 24.1. The van der Waals surface area contributed by atoms with Crippen molar-refractivity contribution in [3.8, 4) is 5.75 Å². The summed E-state index contributed by atoms with van der Waals surface area (Å²) in [5.74, 6) is 4.44. The van der Waals surface area contributed by atoms with Crippen molar-refractivity contribution in [3.63, 3.8) is 0 Å². The SMILES string of the molecule is C=C(CCCC(C)CC(=C)C(=C)C)SCCCCCCOc1ccc(C(=C)Nc2ccc(C3CCC(CCC)CC3)cc2)cc1. The number of benzene rings is 2. The molecule has 0 saturated heterocycles. The Hall–Kier alpha value is -2.65. The van der Waals surface area contributed by atoms with E-state index in [-0.39, 0.29) is 0 Å². The van der Waals surface area contributed by atoms with Gasteiger partial charge < -0.3 is 10.1 Å². The summed E-state index contributed by atoms with van der Waals surface area (Å²) in [6, 6.07) is 17.3. The number of hydrogen-bond donors (Lipinski definition) is 1. The Morgan fingerprint density at radius 3 is 2.24 bits per heavy atom. The number of unbranched alkanes of at least 4 members (excludes halogenated alkanes) is 3. The van der Waals surface area contributed by atoms with Crippen LogP contribution in [0, 0.1) is 11.8 Å². The summed E-state index contributed by atoms with van der Waals surface area (Å²) in [5.41, 5.74) is 6.89. The molecule has 2 nitrogen and oxygen atoms in total. The van der Waals surface area contributed by atoms with Gasteiger partial charge in [0.15, 0.2) is 0 Å². The minimum atomic E-state index is 0.668. The molecule has 0 heterocycles. The molecule has 246 valence electrons. The van der Waals surface area contributed by atoms with Gasteiger partial charge in [-0.2, -0.15) is 0 Å². The highest BCUT2D eigenvalue weighted by Gasteiger charge is 2.21. The average Bonchev–Trinajstić information content (AvgIpc) is 3.03. The van der Waals surface area contributed by atoms with E-state index in [0.29, 0.717) is 5.92 Å². The summed E-state index contributed by atoms with van der Waals surface area (Å²) in [7, 11) is 0. The zero-order valence-corrected chi connectivity index (χ0v) is 29.6. The fraction of sp³-hybridized carbons (Fsp3) is 0.524. The molecule has 0 spiro atoms. The molecule has 0 radical (unpaired) electrons. The standard InChI is InChI=1S/C42H61NOS/c1-8-14-37-17-19-39(20-18-37)40-21-25-41(26-22-40)43-36(7)38-23-27-42(28-24-38)44-29-11-9-10-12-30-45-35(6)16-13-15-33(4)31-34(5)32(2)3/h21-28,33,37,39,43H,2,5-20,29-31H2,1,3-4H3. The minimum Gasteiger partial charge on any atom is -0.494 e. The van der Waals surface area contributed by atoms with Gasteiger partial charge in [-0.1, -0.05) is 95.5 Å². The van der Waals surface area contributed by atoms with Crippen LogP contribution >= 0.6 is 11.8 Å². The highest BCUT2D eigenvalue weighted by molar-refractivity contribution is 8.03. The van der Waals surface area contributed by atoms with Crippen LogP contribution in [0.2, 0.25) is 0 Å². The Morgan fingerprint density at radius 1 is 0.889 bits per heavy atom. The van der Waals surface area contributed by atoms with Crippen molar-refractivity contribution in [1.29, 1.82) is 0 Å². The van der Waals surface area contributed by atoms with Crippen LogP contribution in [-0.4, -0.2) is 12.4 Å². The molecule has 0 amide bonds. The predicted molar refractivity (Wildman–Crippen MR) is 202 cm³/mol. The van der Waals surface area contributed by atoms with Gasteiger partial charge in [0.2, 0.25) is 0 Å². The second-order valence-electron chi connectivity index (χ2n) is 13.5. The Kier molecular flexibility index (Phi) is 16.7. The molecule has 3 heteroatoms.